The van der Waals surface area contributed by atoms with Crippen LogP contribution in [0.15, 0.2) is 47.5 Å². The van der Waals surface area contributed by atoms with E-state index in [2.05, 4.69) is 11.1 Å². The second-order valence-electron chi connectivity index (χ2n) is 7.20. The number of nitrogens with zero attached hydrogens (tertiary/aromatic N) is 5. The number of ketones is 1. The summed E-state index contributed by atoms with van der Waals surface area (Å²) in [5, 5.41) is 9.24. The zero-order valence-corrected chi connectivity index (χ0v) is 18.2. The first kappa shape index (κ1) is 22.4. The van der Waals surface area contributed by atoms with Crippen LogP contribution in [0.3, 0.4) is 0 Å². The van der Waals surface area contributed by atoms with Crippen molar-refractivity contribution in [3.05, 3.63) is 53.7 Å². The molecule has 1 aliphatic heterocycles. The number of Topliss-reactive ketones (excluding diaryl/α,β-unsaturated/α-hetero) is 1. The Bertz CT molecular complexity index is 1120. The molecular formula is C21H23N5O4S. The minimum Gasteiger partial charge on any atom is -0.352 e. The van der Waals surface area contributed by atoms with Crippen molar-refractivity contribution < 1.29 is 18.0 Å². The van der Waals surface area contributed by atoms with E-state index in [0.717, 1.165) is 4.31 Å². The molecule has 0 atom stereocenters. The number of rotatable bonds is 6. The average molecular weight is 442 g/mol. The van der Waals surface area contributed by atoms with Crippen LogP contribution in [0.5, 0.6) is 0 Å². The highest BCUT2D eigenvalue weighted by molar-refractivity contribution is 7.89. The summed E-state index contributed by atoms with van der Waals surface area (Å²) in [4.78, 5) is 31.9. The molecule has 31 heavy (non-hydrogen) atoms. The van der Waals surface area contributed by atoms with E-state index in [1.807, 2.05) is 4.90 Å². The van der Waals surface area contributed by atoms with Crippen molar-refractivity contribution in [2.45, 2.75) is 11.8 Å². The lowest BCUT2D eigenvalue weighted by Crippen LogP contribution is -2.51. The normalized spacial score (nSPS) is 14.4. The molecule has 9 nitrogen and oxygen atoms in total. The third-order valence-corrected chi connectivity index (χ3v) is 6.98. The summed E-state index contributed by atoms with van der Waals surface area (Å²) in [6, 6.07) is 11.2. The van der Waals surface area contributed by atoms with Gasteiger partial charge in [0.25, 0.3) is 0 Å². The van der Waals surface area contributed by atoms with Gasteiger partial charge in [0, 0.05) is 45.0 Å². The predicted octanol–water partition coefficient (Wildman–Crippen LogP) is 1.13. The highest BCUT2D eigenvalue weighted by Crippen LogP contribution is 2.19. The standard InChI is InChI=1S/C21H23N5O4S/c1-16(27)17-5-7-19(8-6-17)31(29,30)24(2)15-20(28)25-10-12-26(13-11-25)21-18(14-22)4-3-9-23-21/h3-9H,10-13,15H2,1-2H3. The Morgan fingerprint density at radius 1 is 1.13 bits per heavy atom. The Labute approximate surface area is 181 Å². The van der Waals surface area contributed by atoms with Crippen LogP contribution in [0, 0.1) is 11.3 Å². The largest absolute Gasteiger partial charge is 0.352 e. The van der Waals surface area contributed by atoms with Crippen LogP contribution < -0.4 is 4.90 Å². The van der Waals surface area contributed by atoms with Crippen molar-refractivity contribution in [3.8, 4) is 6.07 Å². The van der Waals surface area contributed by atoms with E-state index in [0.29, 0.717) is 43.1 Å². The average Bonchev–Trinajstić information content (AvgIpc) is 2.79. The third-order valence-electron chi connectivity index (χ3n) is 5.17. The number of carbonyl (C=O) groups is 2. The van der Waals surface area contributed by atoms with Crippen LogP contribution in [0.4, 0.5) is 5.82 Å². The third kappa shape index (κ3) is 4.90. The Balaban J connectivity index is 1.61. The summed E-state index contributed by atoms with van der Waals surface area (Å²) in [5.74, 6) is 0.137. The first-order valence-corrected chi connectivity index (χ1v) is 11.1. The fraction of sp³-hybridized carbons (Fsp3) is 0.333. The summed E-state index contributed by atoms with van der Waals surface area (Å²) in [5.41, 5.74) is 0.895. The van der Waals surface area contributed by atoms with E-state index < -0.39 is 10.0 Å². The molecule has 2 heterocycles. The first-order chi connectivity index (χ1) is 14.7. The number of likely N-dealkylation sites (N-methyl/N-ethyl adjacent to an activating group) is 1. The van der Waals surface area contributed by atoms with Crippen molar-refractivity contribution in [1.29, 1.82) is 5.26 Å². The monoisotopic (exact) mass is 441 g/mol. The Hall–Kier alpha value is -3.29. The number of anilines is 1. The number of sulfonamides is 1. The van der Waals surface area contributed by atoms with E-state index >= 15 is 0 Å². The maximum atomic E-state index is 12.8. The molecule has 1 fully saturated rings. The van der Waals surface area contributed by atoms with Gasteiger partial charge in [-0.05, 0) is 31.2 Å². The molecule has 0 unspecified atom stereocenters. The van der Waals surface area contributed by atoms with Gasteiger partial charge in [0.15, 0.2) is 5.78 Å². The van der Waals surface area contributed by atoms with Crippen molar-refractivity contribution in [2.75, 3.05) is 44.7 Å². The molecule has 0 bridgehead atoms. The van der Waals surface area contributed by atoms with Gasteiger partial charge in [-0.2, -0.15) is 9.57 Å². The number of carbonyl (C=O) groups excluding carboxylic acids is 2. The van der Waals surface area contributed by atoms with Gasteiger partial charge >= 0.3 is 0 Å². The van der Waals surface area contributed by atoms with Gasteiger partial charge in [-0.3, -0.25) is 9.59 Å². The van der Waals surface area contributed by atoms with Crippen molar-refractivity contribution in [3.63, 3.8) is 0 Å². The molecule has 1 saturated heterocycles. The molecule has 3 rings (SSSR count). The molecule has 0 saturated carbocycles. The fourth-order valence-corrected chi connectivity index (χ4v) is 4.44. The molecule has 1 aromatic heterocycles. The molecule has 1 aromatic carbocycles. The van der Waals surface area contributed by atoms with Crippen molar-refractivity contribution in [1.82, 2.24) is 14.2 Å². The van der Waals surface area contributed by atoms with Gasteiger partial charge in [0.1, 0.15) is 11.9 Å². The second-order valence-corrected chi connectivity index (χ2v) is 9.24. The highest BCUT2D eigenvalue weighted by Gasteiger charge is 2.28. The van der Waals surface area contributed by atoms with E-state index in [4.69, 9.17) is 0 Å². The zero-order valence-electron chi connectivity index (χ0n) is 17.4. The lowest BCUT2D eigenvalue weighted by Gasteiger charge is -2.36. The number of nitriles is 1. The van der Waals surface area contributed by atoms with E-state index in [9.17, 15) is 23.3 Å². The lowest BCUT2D eigenvalue weighted by molar-refractivity contribution is -0.131. The second kappa shape index (κ2) is 9.24. The number of hydrogen-bond acceptors (Lipinski definition) is 7. The fourth-order valence-electron chi connectivity index (χ4n) is 3.32. The van der Waals surface area contributed by atoms with Crippen LogP contribution in [0.25, 0.3) is 0 Å². The molecule has 0 N–H and O–H groups in total. The van der Waals surface area contributed by atoms with Gasteiger partial charge in [0.05, 0.1) is 17.0 Å². The lowest BCUT2D eigenvalue weighted by atomic mass is 10.2. The van der Waals surface area contributed by atoms with E-state index in [1.54, 1.807) is 23.2 Å². The van der Waals surface area contributed by atoms with Crippen LogP contribution in [-0.4, -0.2) is 74.1 Å². The molecule has 162 valence electrons. The summed E-state index contributed by atoms with van der Waals surface area (Å²) >= 11 is 0. The molecule has 10 heteroatoms. The van der Waals surface area contributed by atoms with Gasteiger partial charge in [-0.1, -0.05) is 12.1 Å². The molecule has 1 amide bonds. The molecule has 0 aliphatic carbocycles. The number of amides is 1. The first-order valence-electron chi connectivity index (χ1n) is 9.69. The Kier molecular flexibility index (Phi) is 6.68. The van der Waals surface area contributed by atoms with E-state index in [-0.39, 0.29) is 23.1 Å². The highest BCUT2D eigenvalue weighted by atomic mass is 32.2. The van der Waals surface area contributed by atoms with Crippen molar-refractivity contribution >= 4 is 27.5 Å². The van der Waals surface area contributed by atoms with Gasteiger partial charge in [-0.25, -0.2) is 13.4 Å². The number of piperazine rings is 1. The topological polar surface area (TPSA) is 115 Å². The zero-order chi connectivity index (χ0) is 22.6. The minimum atomic E-state index is -3.86. The minimum absolute atomic E-state index is 0.0248. The maximum absolute atomic E-state index is 12.8. The molecule has 2 aromatic rings. The number of pyridine rings is 1. The maximum Gasteiger partial charge on any atom is 0.243 e. The van der Waals surface area contributed by atoms with Gasteiger partial charge < -0.3 is 9.80 Å². The molecule has 0 spiro atoms. The summed E-state index contributed by atoms with van der Waals surface area (Å²) in [6.45, 7) is 2.93. The smallest absolute Gasteiger partial charge is 0.243 e. The Morgan fingerprint density at radius 3 is 2.35 bits per heavy atom. The molecular weight excluding hydrogens is 418 g/mol. The predicted molar refractivity (Wildman–Crippen MR) is 114 cm³/mol. The summed E-state index contributed by atoms with van der Waals surface area (Å²) in [7, 11) is -2.50. The van der Waals surface area contributed by atoms with Gasteiger partial charge in [-0.15, -0.1) is 0 Å². The van der Waals surface area contributed by atoms with Crippen LogP contribution in [0.1, 0.15) is 22.8 Å². The Morgan fingerprint density at radius 2 is 1.77 bits per heavy atom. The van der Waals surface area contributed by atoms with Crippen molar-refractivity contribution in [2.24, 2.45) is 0 Å². The molecule has 1 aliphatic rings. The quantitative estimate of drug-likeness (QED) is 0.617. The SMILES string of the molecule is CC(=O)c1ccc(S(=O)(=O)N(C)CC(=O)N2CCN(c3ncccc3C#N)CC2)cc1. The van der Waals surface area contributed by atoms with Gasteiger partial charge in [0.2, 0.25) is 15.9 Å². The number of benzene rings is 1. The summed E-state index contributed by atoms with van der Waals surface area (Å²) in [6.07, 6.45) is 1.62. The molecule has 0 radical (unpaired) electrons. The van der Waals surface area contributed by atoms with E-state index in [1.165, 1.54) is 38.2 Å². The number of hydrogen-bond donors (Lipinski definition) is 0. The number of aromatic nitrogens is 1. The van der Waals surface area contributed by atoms with Crippen LogP contribution in [0.2, 0.25) is 0 Å². The summed E-state index contributed by atoms with van der Waals surface area (Å²) < 4.78 is 26.5. The van der Waals surface area contributed by atoms with Crippen LogP contribution >= 0.6 is 0 Å². The van der Waals surface area contributed by atoms with Crippen LogP contribution in [-0.2, 0) is 14.8 Å².